The fourth-order valence-electron chi connectivity index (χ4n) is 6.97. The Bertz CT molecular complexity index is 1930. The summed E-state index contributed by atoms with van der Waals surface area (Å²) in [5.41, 5.74) is 2.86. The number of hydrogen-bond donors (Lipinski definition) is 3. The number of Topliss-reactive ketones (excluding diaryl/α,β-unsaturated/α-hetero) is 1. The number of aliphatic hydroxyl groups excluding tert-OH is 1. The second kappa shape index (κ2) is 12.4. The second-order valence-electron chi connectivity index (χ2n) is 13.4. The third kappa shape index (κ3) is 5.41. The highest BCUT2D eigenvalue weighted by atomic mass is 16.7. The molecule has 13 heteroatoms. The minimum atomic E-state index is -1.19. The fraction of sp³-hybridized carbons (Fsp3) is 0.417. The molecule has 0 saturated carbocycles. The second-order valence-corrected chi connectivity index (χ2v) is 13.4. The Morgan fingerprint density at radius 3 is 2.63 bits per heavy atom. The molecule has 4 aromatic rings. The summed E-state index contributed by atoms with van der Waals surface area (Å²) in [4.78, 5) is 48.4. The van der Waals surface area contributed by atoms with Gasteiger partial charge in [-0.05, 0) is 41.5 Å². The Morgan fingerprint density at radius 2 is 1.88 bits per heavy atom. The molecular formula is C36H38N4O9. The number of amides is 1. The van der Waals surface area contributed by atoms with Crippen molar-refractivity contribution in [3.63, 3.8) is 0 Å². The Morgan fingerprint density at radius 1 is 1.08 bits per heavy atom. The van der Waals surface area contributed by atoms with Crippen molar-refractivity contribution in [2.45, 2.75) is 70.9 Å². The summed E-state index contributed by atoms with van der Waals surface area (Å²) < 4.78 is 29.0. The number of rotatable bonds is 8. The highest BCUT2D eigenvalue weighted by Gasteiger charge is 2.61. The van der Waals surface area contributed by atoms with Gasteiger partial charge in [0, 0.05) is 23.6 Å². The van der Waals surface area contributed by atoms with E-state index in [9.17, 15) is 19.5 Å². The summed E-state index contributed by atoms with van der Waals surface area (Å²) in [6.07, 6.45) is -1.21. The Labute approximate surface area is 282 Å². The van der Waals surface area contributed by atoms with Crippen LogP contribution in [0.2, 0.25) is 0 Å². The molecule has 5 atom stereocenters. The van der Waals surface area contributed by atoms with Crippen LogP contribution in [0, 0.1) is 17.8 Å². The number of aromatic nitrogens is 2. The van der Waals surface area contributed by atoms with E-state index in [-0.39, 0.29) is 54.7 Å². The van der Waals surface area contributed by atoms with Gasteiger partial charge in [-0.15, -0.1) is 0 Å². The number of oxazole rings is 2. The van der Waals surface area contributed by atoms with Gasteiger partial charge in [-0.3, -0.25) is 9.59 Å². The zero-order valence-corrected chi connectivity index (χ0v) is 27.8. The van der Waals surface area contributed by atoms with Crippen LogP contribution in [-0.4, -0.2) is 52.4 Å². The molecule has 3 N–H and O–H groups in total. The molecule has 2 aromatic carbocycles. The normalized spacial score (nSPS) is 22.6. The average Bonchev–Trinajstić information content (AvgIpc) is 3.86. The number of ketones is 1. The maximum Gasteiger partial charge on any atom is 0.508 e. The number of nitrogens with zero attached hydrogens (tertiary/aromatic N) is 2. The first-order chi connectivity index (χ1) is 23.5. The zero-order valence-electron chi connectivity index (χ0n) is 27.8. The van der Waals surface area contributed by atoms with Gasteiger partial charge in [0.2, 0.25) is 17.7 Å². The largest absolute Gasteiger partial charge is 0.508 e. The van der Waals surface area contributed by atoms with Crippen molar-refractivity contribution in [3.05, 3.63) is 82.8 Å². The van der Waals surface area contributed by atoms with E-state index in [2.05, 4.69) is 20.4 Å². The minimum absolute atomic E-state index is 0.116. The number of benzene rings is 2. The average molecular weight is 671 g/mol. The van der Waals surface area contributed by atoms with Gasteiger partial charge >= 0.3 is 6.16 Å². The van der Waals surface area contributed by atoms with Crippen molar-refractivity contribution in [2.75, 3.05) is 12.4 Å². The quantitative estimate of drug-likeness (QED) is 0.213. The fourth-order valence-corrected chi connectivity index (χ4v) is 6.97. The van der Waals surface area contributed by atoms with Crippen molar-refractivity contribution in [1.82, 2.24) is 15.3 Å². The lowest BCUT2D eigenvalue weighted by Crippen LogP contribution is -2.41. The molecule has 13 nitrogen and oxygen atoms in total. The third-order valence-corrected chi connectivity index (χ3v) is 9.50. The predicted molar refractivity (Wildman–Crippen MR) is 173 cm³/mol. The lowest BCUT2D eigenvalue weighted by Gasteiger charge is -2.28. The smallest absolute Gasteiger partial charge is 0.469 e. The van der Waals surface area contributed by atoms with Crippen LogP contribution in [0.3, 0.4) is 0 Å². The van der Waals surface area contributed by atoms with E-state index < -0.39 is 41.6 Å². The Hall–Kier alpha value is -5.17. The summed E-state index contributed by atoms with van der Waals surface area (Å²) in [6.45, 7) is 7.21. The van der Waals surface area contributed by atoms with E-state index in [1.165, 1.54) is 13.4 Å². The summed E-state index contributed by atoms with van der Waals surface area (Å²) in [6, 6.07) is 12.9. The molecule has 0 fully saturated rings. The Kier molecular flexibility index (Phi) is 8.18. The third-order valence-electron chi connectivity index (χ3n) is 9.50. The summed E-state index contributed by atoms with van der Waals surface area (Å²) in [5, 5.41) is 17.2. The number of ether oxygens (including phenoxy) is 3. The maximum atomic E-state index is 14.1. The van der Waals surface area contributed by atoms with E-state index in [0.717, 1.165) is 22.4 Å². The van der Waals surface area contributed by atoms with E-state index in [1.54, 1.807) is 13.8 Å². The summed E-state index contributed by atoms with van der Waals surface area (Å²) >= 11 is 0. The number of nitrogens with one attached hydrogen (secondary N) is 2. The standard InChI is InChI=1S/C36H38N4O9/c1-17(2)27-33-40-28(32-37-21(15-46-32)16-47-35(44)45-5)30(49-33)36-22-8-6-7-9-24(22)38-34(36)48-26-11-10-19(13-23(26)36)12-20(31(43)39-27)14-25(41)29(42)18(3)4/h6-11,13,15,17-18,20,27,29,34,38,42H,12,14,16H2,1-5H3,(H,39,43)/t20?,27-,29-,34?,36-/m0/s1. The van der Waals surface area contributed by atoms with Gasteiger partial charge in [-0.2, -0.15) is 0 Å². The highest BCUT2D eigenvalue weighted by Crippen LogP contribution is 2.59. The Balaban J connectivity index is 1.43. The molecule has 5 heterocycles. The molecule has 256 valence electrons. The van der Waals surface area contributed by atoms with E-state index >= 15 is 0 Å². The monoisotopic (exact) mass is 670 g/mol. The van der Waals surface area contributed by atoms with Gasteiger partial charge in [0.15, 0.2) is 23.5 Å². The van der Waals surface area contributed by atoms with Crippen molar-refractivity contribution < 1.29 is 42.5 Å². The molecule has 0 aliphatic carbocycles. The van der Waals surface area contributed by atoms with Crippen molar-refractivity contribution in [1.29, 1.82) is 0 Å². The molecule has 7 rings (SSSR count). The van der Waals surface area contributed by atoms with Crippen molar-refractivity contribution >= 4 is 23.5 Å². The number of anilines is 1. The molecule has 2 unspecified atom stereocenters. The van der Waals surface area contributed by atoms with E-state index in [0.29, 0.717) is 17.2 Å². The van der Waals surface area contributed by atoms with Gasteiger partial charge in [0.25, 0.3) is 0 Å². The minimum Gasteiger partial charge on any atom is -0.469 e. The highest BCUT2D eigenvalue weighted by molar-refractivity contribution is 5.89. The molecule has 3 aliphatic rings. The molecule has 2 aromatic heterocycles. The molecule has 1 spiro atoms. The molecule has 3 aliphatic heterocycles. The van der Waals surface area contributed by atoms with Crippen LogP contribution in [0.5, 0.6) is 5.75 Å². The van der Waals surface area contributed by atoms with Crippen molar-refractivity contribution in [3.8, 4) is 17.3 Å². The SMILES string of the molecule is COC(=O)OCc1coc(-c2nc3oc2[C@@]24c5ccccc5NC2Oc2ccc(cc24)CC(CC(=O)[C@@H](O)C(C)C)C(=O)N[C@H]3C(C)C)n1. The number of carbonyl (C=O) groups excluding carboxylic acids is 3. The van der Waals surface area contributed by atoms with Crippen LogP contribution in [-0.2, 0) is 37.5 Å². The molecule has 4 bridgehead atoms. The number of methoxy groups -OCH3 is 1. The van der Waals surface area contributed by atoms with E-state index in [4.69, 9.17) is 23.3 Å². The number of para-hydroxylation sites is 1. The van der Waals surface area contributed by atoms with Crippen LogP contribution >= 0.6 is 0 Å². The molecule has 0 saturated heterocycles. The lowest BCUT2D eigenvalue weighted by molar-refractivity contribution is -0.135. The van der Waals surface area contributed by atoms with E-state index in [1.807, 2.05) is 56.3 Å². The number of carbonyl (C=O) groups is 3. The topological polar surface area (TPSA) is 175 Å². The maximum absolute atomic E-state index is 14.1. The van der Waals surface area contributed by atoms with Crippen LogP contribution < -0.4 is 15.4 Å². The van der Waals surface area contributed by atoms with Crippen LogP contribution in [0.25, 0.3) is 11.6 Å². The lowest BCUT2D eigenvalue weighted by atomic mass is 9.72. The van der Waals surface area contributed by atoms with Gasteiger partial charge in [-0.25, -0.2) is 14.8 Å². The summed E-state index contributed by atoms with van der Waals surface area (Å²) in [7, 11) is 1.21. The van der Waals surface area contributed by atoms with Gasteiger partial charge in [0.1, 0.15) is 41.9 Å². The zero-order chi connectivity index (χ0) is 34.6. The first-order valence-corrected chi connectivity index (χ1v) is 16.3. The number of aliphatic hydroxyl groups is 1. The molecule has 0 radical (unpaired) electrons. The van der Waals surface area contributed by atoms with Gasteiger partial charge in [0.05, 0.1) is 7.11 Å². The van der Waals surface area contributed by atoms with Crippen LogP contribution in [0.15, 0.2) is 57.6 Å². The van der Waals surface area contributed by atoms with Crippen LogP contribution in [0.1, 0.15) is 74.2 Å². The first-order valence-electron chi connectivity index (χ1n) is 16.3. The number of hydrogen-bond acceptors (Lipinski definition) is 12. The number of fused-ring (bicyclic) bond motifs is 4. The molecule has 49 heavy (non-hydrogen) atoms. The summed E-state index contributed by atoms with van der Waals surface area (Å²) in [5.74, 6) is -0.663. The van der Waals surface area contributed by atoms with Gasteiger partial charge < -0.3 is 38.8 Å². The van der Waals surface area contributed by atoms with Crippen LogP contribution in [0.4, 0.5) is 10.5 Å². The first kappa shape index (κ1) is 32.4. The van der Waals surface area contributed by atoms with Crippen molar-refractivity contribution in [2.24, 2.45) is 17.8 Å². The van der Waals surface area contributed by atoms with Gasteiger partial charge in [-0.1, -0.05) is 58.0 Å². The molecule has 1 amide bonds. The predicted octanol–water partition coefficient (Wildman–Crippen LogP) is 5.05. The molecular weight excluding hydrogens is 632 g/mol.